The zero-order chi connectivity index (χ0) is 13.8. The molecule has 2 aromatic carbocycles. The third-order valence-electron chi connectivity index (χ3n) is 2.54. The average molecular weight is 279 g/mol. The van der Waals surface area contributed by atoms with Crippen LogP contribution in [0.15, 0.2) is 47.4 Å². The molecule has 0 saturated heterocycles. The van der Waals surface area contributed by atoms with Gasteiger partial charge in [0, 0.05) is 10.6 Å². The molecule has 0 unspecified atom stereocenters. The van der Waals surface area contributed by atoms with Crippen LogP contribution in [0.1, 0.15) is 10.4 Å². The van der Waals surface area contributed by atoms with Gasteiger partial charge in [0.1, 0.15) is 0 Å². The predicted molar refractivity (Wildman–Crippen MR) is 72.5 cm³/mol. The van der Waals surface area contributed by atoms with E-state index in [1.807, 2.05) is 18.4 Å². The second kappa shape index (κ2) is 5.84. The smallest absolute Gasteiger partial charge is 0.258 e. The summed E-state index contributed by atoms with van der Waals surface area (Å²) < 4.78 is 26.5. The number of amides is 1. The summed E-state index contributed by atoms with van der Waals surface area (Å²) in [5, 5.41) is 2.52. The number of halogens is 2. The third kappa shape index (κ3) is 3.12. The molecule has 1 N–H and O–H groups in total. The molecule has 0 fully saturated rings. The Labute approximate surface area is 113 Å². The Kier molecular flexibility index (Phi) is 4.16. The highest BCUT2D eigenvalue weighted by Crippen LogP contribution is 2.19. The van der Waals surface area contributed by atoms with E-state index in [4.69, 9.17) is 0 Å². The number of hydrogen-bond donors (Lipinski definition) is 1. The molecule has 0 atom stereocenters. The first-order valence-corrected chi connectivity index (χ1v) is 6.73. The van der Waals surface area contributed by atoms with Gasteiger partial charge >= 0.3 is 0 Å². The van der Waals surface area contributed by atoms with Gasteiger partial charge in [-0.05, 0) is 42.7 Å². The summed E-state index contributed by atoms with van der Waals surface area (Å²) in [6.07, 6.45) is 1.94. The van der Waals surface area contributed by atoms with Gasteiger partial charge in [-0.2, -0.15) is 0 Å². The predicted octanol–water partition coefficient (Wildman–Crippen LogP) is 3.94. The fourth-order valence-electron chi connectivity index (χ4n) is 1.55. The summed E-state index contributed by atoms with van der Waals surface area (Å²) in [6, 6.07) is 10.6. The van der Waals surface area contributed by atoms with Crippen LogP contribution in [0, 0.1) is 11.6 Å². The van der Waals surface area contributed by atoms with E-state index in [1.54, 1.807) is 23.9 Å². The number of carbonyl (C=O) groups is 1. The maximum Gasteiger partial charge on any atom is 0.258 e. The Morgan fingerprint density at radius 1 is 1.11 bits per heavy atom. The maximum atomic E-state index is 13.4. The van der Waals surface area contributed by atoms with Crippen LogP contribution in [0.5, 0.6) is 0 Å². The number of rotatable bonds is 3. The van der Waals surface area contributed by atoms with Crippen LogP contribution in [0.4, 0.5) is 14.5 Å². The van der Waals surface area contributed by atoms with Crippen LogP contribution in [0.2, 0.25) is 0 Å². The summed E-state index contributed by atoms with van der Waals surface area (Å²) in [6.45, 7) is 0. The van der Waals surface area contributed by atoms with Crippen molar-refractivity contribution in [3.8, 4) is 0 Å². The van der Waals surface area contributed by atoms with E-state index < -0.39 is 17.5 Å². The van der Waals surface area contributed by atoms with Gasteiger partial charge in [0.25, 0.3) is 5.91 Å². The Balaban J connectivity index is 2.18. The van der Waals surface area contributed by atoms with Crippen molar-refractivity contribution in [3.05, 3.63) is 59.7 Å². The van der Waals surface area contributed by atoms with Crippen molar-refractivity contribution in [2.24, 2.45) is 0 Å². The average Bonchev–Trinajstić information content (AvgIpc) is 2.42. The van der Waals surface area contributed by atoms with Crippen molar-refractivity contribution < 1.29 is 13.6 Å². The molecule has 5 heteroatoms. The van der Waals surface area contributed by atoms with E-state index in [0.717, 1.165) is 11.0 Å². The molecule has 0 aliphatic carbocycles. The molecule has 0 radical (unpaired) electrons. The van der Waals surface area contributed by atoms with E-state index in [2.05, 4.69) is 5.32 Å². The van der Waals surface area contributed by atoms with Gasteiger partial charge in [-0.3, -0.25) is 4.79 Å². The number of thioether (sulfide) groups is 1. The zero-order valence-electron chi connectivity index (χ0n) is 10.1. The highest BCUT2D eigenvalue weighted by atomic mass is 32.2. The van der Waals surface area contributed by atoms with E-state index in [1.165, 1.54) is 12.1 Å². The molecule has 0 bridgehead atoms. The van der Waals surface area contributed by atoms with Gasteiger partial charge in [-0.1, -0.05) is 6.07 Å². The van der Waals surface area contributed by atoms with Gasteiger partial charge in [0.2, 0.25) is 0 Å². The normalized spacial score (nSPS) is 10.3. The number of anilines is 1. The quantitative estimate of drug-likeness (QED) is 0.862. The molecule has 0 saturated carbocycles. The molecule has 98 valence electrons. The first-order chi connectivity index (χ1) is 9.11. The molecule has 0 aliphatic rings. The zero-order valence-corrected chi connectivity index (χ0v) is 10.9. The minimum absolute atomic E-state index is 0.311. The minimum atomic E-state index is -1.14. The molecule has 19 heavy (non-hydrogen) atoms. The lowest BCUT2D eigenvalue weighted by Crippen LogP contribution is -2.14. The Bertz CT molecular complexity index is 599. The molecule has 2 aromatic rings. The lowest BCUT2D eigenvalue weighted by atomic mass is 10.2. The van der Waals surface area contributed by atoms with Crippen molar-refractivity contribution in [1.29, 1.82) is 0 Å². The van der Waals surface area contributed by atoms with Crippen LogP contribution in [0.3, 0.4) is 0 Å². The molecule has 2 nitrogen and oxygen atoms in total. The van der Waals surface area contributed by atoms with Crippen LogP contribution in [-0.4, -0.2) is 12.2 Å². The molecule has 0 heterocycles. The second-order valence-electron chi connectivity index (χ2n) is 3.78. The Morgan fingerprint density at radius 2 is 1.79 bits per heavy atom. The SMILES string of the molecule is CSc1ccc(NC(=O)c2cccc(F)c2F)cc1. The minimum Gasteiger partial charge on any atom is -0.322 e. The Morgan fingerprint density at radius 3 is 2.42 bits per heavy atom. The largest absolute Gasteiger partial charge is 0.322 e. The van der Waals surface area contributed by atoms with Gasteiger partial charge in [-0.15, -0.1) is 11.8 Å². The van der Waals surface area contributed by atoms with Gasteiger partial charge in [0.15, 0.2) is 11.6 Å². The summed E-state index contributed by atoms with van der Waals surface area (Å²) in [4.78, 5) is 12.9. The van der Waals surface area contributed by atoms with E-state index in [0.29, 0.717) is 5.69 Å². The topological polar surface area (TPSA) is 29.1 Å². The van der Waals surface area contributed by atoms with Crippen molar-refractivity contribution in [3.63, 3.8) is 0 Å². The van der Waals surface area contributed by atoms with Crippen LogP contribution in [-0.2, 0) is 0 Å². The number of carbonyl (C=O) groups excluding carboxylic acids is 1. The standard InChI is InChI=1S/C14H11F2NOS/c1-19-10-7-5-9(6-8-10)17-14(18)11-3-2-4-12(15)13(11)16/h2-8H,1H3,(H,17,18). The van der Waals surface area contributed by atoms with Crippen LogP contribution < -0.4 is 5.32 Å². The third-order valence-corrected chi connectivity index (χ3v) is 3.29. The van der Waals surface area contributed by atoms with E-state index in [-0.39, 0.29) is 5.56 Å². The molecule has 0 aromatic heterocycles. The molecular formula is C14H11F2NOS. The first-order valence-electron chi connectivity index (χ1n) is 5.51. The maximum absolute atomic E-state index is 13.4. The number of benzene rings is 2. The summed E-state index contributed by atoms with van der Waals surface area (Å²) in [5.41, 5.74) is 0.223. The number of nitrogens with one attached hydrogen (secondary N) is 1. The lowest BCUT2D eigenvalue weighted by Gasteiger charge is -2.07. The molecule has 2 rings (SSSR count). The lowest BCUT2D eigenvalue weighted by molar-refractivity contribution is 0.102. The van der Waals surface area contributed by atoms with Gasteiger partial charge in [0.05, 0.1) is 5.56 Å². The molecule has 0 aliphatic heterocycles. The summed E-state index contributed by atoms with van der Waals surface area (Å²) in [7, 11) is 0. The van der Waals surface area contributed by atoms with Crippen LogP contribution in [0.25, 0.3) is 0 Å². The fraction of sp³-hybridized carbons (Fsp3) is 0.0714. The van der Waals surface area contributed by atoms with Crippen molar-refractivity contribution >= 4 is 23.4 Å². The summed E-state index contributed by atoms with van der Waals surface area (Å²) in [5.74, 6) is -2.85. The molecule has 1 amide bonds. The Hall–Kier alpha value is -1.88. The number of hydrogen-bond acceptors (Lipinski definition) is 2. The van der Waals surface area contributed by atoms with Gasteiger partial charge in [-0.25, -0.2) is 8.78 Å². The fourth-order valence-corrected chi connectivity index (χ4v) is 1.96. The van der Waals surface area contributed by atoms with Crippen molar-refractivity contribution in [2.45, 2.75) is 4.90 Å². The summed E-state index contributed by atoms with van der Waals surface area (Å²) >= 11 is 1.57. The second-order valence-corrected chi connectivity index (χ2v) is 4.66. The van der Waals surface area contributed by atoms with Crippen LogP contribution >= 0.6 is 11.8 Å². The van der Waals surface area contributed by atoms with Crippen molar-refractivity contribution in [1.82, 2.24) is 0 Å². The van der Waals surface area contributed by atoms with Gasteiger partial charge < -0.3 is 5.32 Å². The highest BCUT2D eigenvalue weighted by Gasteiger charge is 2.14. The first kappa shape index (κ1) is 13.5. The van der Waals surface area contributed by atoms with E-state index in [9.17, 15) is 13.6 Å². The highest BCUT2D eigenvalue weighted by molar-refractivity contribution is 7.98. The molecule has 0 spiro atoms. The monoisotopic (exact) mass is 279 g/mol. The molecular weight excluding hydrogens is 268 g/mol. The van der Waals surface area contributed by atoms with E-state index >= 15 is 0 Å². The van der Waals surface area contributed by atoms with Crippen molar-refractivity contribution in [2.75, 3.05) is 11.6 Å².